The summed E-state index contributed by atoms with van der Waals surface area (Å²) in [7, 11) is 0. The highest BCUT2D eigenvalue weighted by atomic mass is 35.5. The van der Waals surface area contributed by atoms with Crippen LogP contribution in [0.2, 0.25) is 10.0 Å². The molecule has 2 aromatic carbocycles. The fourth-order valence-corrected chi connectivity index (χ4v) is 3.39. The number of nitrogens with zero attached hydrogens (tertiary/aromatic N) is 2. The number of Topliss-reactive ketones (excluding diaryl/α,β-unsaturated/α-hetero) is 1. The molecule has 0 saturated heterocycles. The Balaban J connectivity index is 1.77. The number of carbonyl (C=O) groups is 1. The highest BCUT2D eigenvalue weighted by molar-refractivity contribution is 6.38. The summed E-state index contributed by atoms with van der Waals surface area (Å²) in [6.45, 7) is -0.117. The van der Waals surface area contributed by atoms with Crippen molar-refractivity contribution in [3.05, 3.63) is 74.9 Å². The fourth-order valence-electron chi connectivity index (χ4n) is 2.85. The lowest BCUT2D eigenvalue weighted by Gasteiger charge is -2.07. The van der Waals surface area contributed by atoms with E-state index in [0.29, 0.717) is 21.1 Å². The molecular weight excluding hydrogens is 361 g/mol. The number of hydrogen-bond donors (Lipinski definition) is 1. The van der Waals surface area contributed by atoms with E-state index >= 15 is 0 Å². The Kier molecular flexibility index (Phi) is 3.82. The Morgan fingerprint density at radius 2 is 1.96 bits per heavy atom. The summed E-state index contributed by atoms with van der Waals surface area (Å²) in [5, 5.41) is 1.75. The van der Waals surface area contributed by atoms with Crippen LogP contribution in [0.5, 0.6) is 0 Å². The van der Waals surface area contributed by atoms with Crippen LogP contribution in [0, 0.1) is 0 Å². The number of aromatic amines is 1. The van der Waals surface area contributed by atoms with Crippen molar-refractivity contribution in [2.45, 2.75) is 6.54 Å². The first-order valence-corrected chi connectivity index (χ1v) is 8.23. The number of rotatable bonds is 3. The van der Waals surface area contributed by atoms with E-state index in [9.17, 15) is 9.59 Å². The third-order valence-electron chi connectivity index (χ3n) is 4.05. The van der Waals surface area contributed by atoms with Crippen molar-refractivity contribution in [2.75, 3.05) is 0 Å². The molecule has 0 aliphatic carbocycles. The van der Waals surface area contributed by atoms with Gasteiger partial charge >= 0.3 is 0 Å². The van der Waals surface area contributed by atoms with Crippen LogP contribution >= 0.6 is 23.2 Å². The van der Waals surface area contributed by atoms with Crippen LogP contribution in [0.1, 0.15) is 10.4 Å². The maximum Gasteiger partial charge on any atom is 0.261 e. The average molecular weight is 372 g/mol. The molecule has 0 spiro atoms. The maximum absolute atomic E-state index is 12.7. The van der Waals surface area contributed by atoms with Gasteiger partial charge in [0.25, 0.3) is 5.56 Å². The molecule has 0 aliphatic rings. The molecule has 25 heavy (non-hydrogen) atoms. The van der Waals surface area contributed by atoms with Crippen molar-refractivity contribution in [3.63, 3.8) is 0 Å². The summed E-state index contributed by atoms with van der Waals surface area (Å²) in [4.78, 5) is 32.5. The SMILES string of the molecule is O=C(Cn1cnc2c(Cl)cc(Cl)cc2c1=O)c1c[nH]c2ccccc12. The molecule has 4 aromatic rings. The number of hydrogen-bond acceptors (Lipinski definition) is 3. The van der Waals surface area contributed by atoms with E-state index in [1.807, 2.05) is 24.3 Å². The van der Waals surface area contributed by atoms with E-state index in [0.717, 1.165) is 10.9 Å². The highest BCUT2D eigenvalue weighted by Gasteiger charge is 2.15. The van der Waals surface area contributed by atoms with Gasteiger partial charge in [-0.1, -0.05) is 41.4 Å². The van der Waals surface area contributed by atoms with Crippen LogP contribution in [-0.2, 0) is 6.54 Å². The molecule has 7 heteroatoms. The third-order valence-corrected chi connectivity index (χ3v) is 4.56. The number of nitrogens with one attached hydrogen (secondary N) is 1. The first kappa shape index (κ1) is 15.9. The van der Waals surface area contributed by atoms with Gasteiger partial charge in [0.2, 0.25) is 0 Å². The molecule has 1 N–H and O–H groups in total. The number of halogens is 2. The monoisotopic (exact) mass is 371 g/mol. The smallest absolute Gasteiger partial charge is 0.261 e. The summed E-state index contributed by atoms with van der Waals surface area (Å²) in [6.07, 6.45) is 2.98. The van der Waals surface area contributed by atoms with E-state index < -0.39 is 0 Å². The lowest BCUT2D eigenvalue weighted by atomic mass is 10.1. The molecule has 0 atom stereocenters. The molecule has 4 rings (SSSR count). The van der Waals surface area contributed by atoms with Gasteiger partial charge in [0.05, 0.1) is 28.8 Å². The van der Waals surface area contributed by atoms with Crippen LogP contribution in [0.25, 0.3) is 21.8 Å². The predicted octanol–water partition coefficient (Wildman–Crippen LogP) is 4.07. The van der Waals surface area contributed by atoms with E-state index in [4.69, 9.17) is 23.2 Å². The second-order valence-electron chi connectivity index (χ2n) is 5.63. The van der Waals surface area contributed by atoms with E-state index in [-0.39, 0.29) is 23.3 Å². The number of carbonyl (C=O) groups excluding carboxylic acids is 1. The number of ketones is 1. The zero-order valence-corrected chi connectivity index (χ0v) is 14.3. The van der Waals surface area contributed by atoms with Crippen LogP contribution in [0.15, 0.2) is 53.7 Å². The second-order valence-corrected chi connectivity index (χ2v) is 6.48. The van der Waals surface area contributed by atoms with Crippen molar-refractivity contribution in [2.24, 2.45) is 0 Å². The molecule has 124 valence electrons. The Morgan fingerprint density at radius 3 is 2.80 bits per heavy atom. The second kappa shape index (κ2) is 6.02. The minimum absolute atomic E-state index is 0.117. The summed E-state index contributed by atoms with van der Waals surface area (Å²) in [6, 6.07) is 10.5. The lowest BCUT2D eigenvalue weighted by molar-refractivity contribution is 0.0972. The van der Waals surface area contributed by atoms with E-state index in [1.165, 1.54) is 23.0 Å². The number of aromatic nitrogens is 3. The maximum atomic E-state index is 12.7. The Labute approximate surface area is 151 Å². The van der Waals surface area contributed by atoms with Crippen molar-refractivity contribution in [3.8, 4) is 0 Å². The predicted molar refractivity (Wildman–Crippen MR) is 98.7 cm³/mol. The molecule has 0 fully saturated rings. The van der Waals surface area contributed by atoms with Gasteiger partial charge in [0.15, 0.2) is 5.78 Å². The van der Waals surface area contributed by atoms with E-state index in [1.54, 1.807) is 6.20 Å². The molecular formula is C18H11Cl2N3O2. The number of para-hydroxylation sites is 1. The molecule has 0 unspecified atom stereocenters. The van der Waals surface area contributed by atoms with Crippen LogP contribution in [0.3, 0.4) is 0 Å². The lowest BCUT2D eigenvalue weighted by Crippen LogP contribution is -2.24. The van der Waals surface area contributed by atoms with Gasteiger partial charge in [-0.3, -0.25) is 14.2 Å². The number of H-pyrrole nitrogens is 1. The largest absolute Gasteiger partial charge is 0.360 e. The Hall–Kier alpha value is -2.63. The minimum Gasteiger partial charge on any atom is -0.360 e. The molecule has 0 saturated carbocycles. The fraction of sp³-hybridized carbons (Fsp3) is 0.0556. The minimum atomic E-state index is -0.359. The highest BCUT2D eigenvalue weighted by Crippen LogP contribution is 2.24. The van der Waals surface area contributed by atoms with Gasteiger partial charge in [-0.05, 0) is 18.2 Å². The molecule has 0 bridgehead atoms. The Morgan fingerprint density at radius 1 is 1.16 bits per heavy atom. The van der Waals surface area contributed by atoms with Crippen molar-refractivity contribution in [1.82, 2.24) is 14.5 Å². The zero-order chi connectivity index (χ0) is 17.6. The summed E-state index contributed by atoms with van der Waals surface area (Å²) < 4.78 is 1.26. The van der Waals surface area contributed by atoms with Crippen molar-refractivity contribution < 1.29 is 4.79 Å². The normalized spacial score (nSPS) is 11.3. The Bertz CT molecular complexity index is 1190. The van der Waals surface area contributed by atoms with Crippen LogP contribution < -0.4 is 5.56 Å². The van der Waals surface area contributed by atoms with Crippen molar-refractivity contribution in [1.29, 1.82) is 0 Å². The standard InChI is InChI=1S/C18H11Cl2N3O2/c19-10-5-12-17(14(20)6-10)22-9-23(18(12)25)8-16(24)13-7-21-15-4-2-1-3-11(13)15/h1-7,9,21H,8H2. The van der Waals surface area contributed by atoms with Crippen LogP contribution in [-0.4, -0.2) is 20.3 Å². The van der Waals surface area contributed by atoms with Gasteiger partial charge < -0.3 is 4.98 Å². The molecule has 0 radical (unpaired) electrons. The van der Waals surface area contributed by atoms with Gasteiger partial charge in [0, 0.05) is 27.7 Å². The van der Waals surface area contributed by atoms with Gasteiger partial charge in [-0.15, -0.1) is 0 Å². The van der Waals surface area contributed by atoms with Gasteiger partial charge in [0.1, 0.15) is 0 Å². The third kappa shape index (κ3) is 2.71. The first-order chi connectivity index (χ1) is 12.0. The van der Waals surface area contributed by atoms with E-state index in [2.05, 4.69) is 9.97 Å². The molecule has 0 amide bonds. The molecule has 5 nitrogen and oxygen atoms in total. The van der Waals surface area contributed by atoms with Crippen LogP contribution in [0.4, 0.5) is 0 Å². The number of benzene rings is 2. The summed E-state index contributed by atoms with van der Waals surface area (Å²) in [5.74, 6) is -0.186. The van der Waals surface area contributed by atoms with Gasteiger partial charge in [-0.2, -0.15) is 0 Å². The molecule has 0 aliphatic heterocycles. The first-order valence-electron chi connectivity index (χ1n) is 7.48. The number of fused-ring (bicyclic) bond motifs is 2. The zero-order valence-electron chi connectivity index (χ0n) is 12.8. The van der Waals surface area contributed by atoms with Gasteiger partial charge in [-0.25, -0.2) is 4.98 Å². The topological polar surface area (TPSA) is 67.8 Å². The molecule has 2 heterocycles. The molecule has 2 aromatic heterocycles. The average Bonchev–Trinajstić information content (AvgIpc) is 3.02. The van der Waals surface area contributed by atoms with Crippen molar-refractivity contribution >= 4 is 50.8 Å². The summed E-state index contributed by atoms with van der Waals surface area (Å²) in [5.41, 5.74) is 1.41. The summed E-state index contributed by atoms with van der Waals surface area (Å²) >= 11 is 12.0. The quantitative estimate of drug-likeness (QED) is 0.552.